The maximum atomic E-state index is 11.6. The number of hydrogen-bond donors (Lipinski definition) is 3. The zero-order chi connectivity index (χ0) is 13.7. The first-order valence-corrected chi connectivity index (χ1v) is 6.23. The summed E-state index contributed by atoms with van der Waals surface area (Å²) in [6.07, 6.45) is -1.60. The Bertz CT molecular complexity index is 437. The lowest BCUT2D eigenvalue weighted by Crippen LogP contribution is -2.42. The number of carboxylic acids is 1. The number of halogens is 1. The molecule has 2 amide bonds. The second kappa shape index (κ2) is 6.58. The van der Waals surface area contributed by atoms with Crippen LogP contribution in [0, 0.1) is 0 Å². The Hall–Kier alpha value is -1.31. The maximum absolute atomic E-state index is 11.6. The number of carboxylic acid groups (broad SMARTS) is 1. The minimum atomic E-state index is -1.60. The van der Waals surface area contributed by atoms with Crippen LogP contribution in [0.15, 0.2) is 12.1 Å². The van der Waals surface area contributed by atoms with Gasteiger partial charge in [-0.15, -0.1) is 11.3 Å². The van der Waals surface area contributed by atoms with Crippen LogP contribution < -0.4 is 5.32 Å². The Labute approximate surface area is 113 Å². The Morgan fingerprint density at radius 3 is 2.72 bits per heavy atom. The van der Waals surface area contributed by atoms with Crippen molar-refractivity contribution in [3.8, 4) is 0 Å². The number of carbonyl (C=O) groups is 2. The minimum Gasteiger partial charge on any atom is -0.479 e. The third-order valence-electron chi connectivity index (χ3n) is 2.10. The molecule has 1 aromatic heterocycles. The summed E-state index contributed by atoms with van der Waals surface area (Å²) in [7, 11) is 1.57. The first kappa shape index (κ1) is 14.7. The van der Waals surface area contributed by atoms with Crippen molar-refractivity contribution in [3.05, 3.63) is 21.3 Å². The van der Waals surface area contributed by atoms with Gasteiger partial charge in [0.25, 0.3) is 0 Å². The van der Waals surface area contributed by atoms with Crippen molar-refractivity contribution in [2.75, 3.05) is 13.6 Å². The van der Waals surface area contributed by atoms with E-state index in [1.165, 1.54) is 16.2 Å². The predicted molar refractivity (Wildman–Crippen MR) is 67.8 cm³/mol. The molecule has 0 fully saturated rings. The van der Waals surface area contributed by atoms with Gasteiger partial charge >= 0.3 is 12.0 Å². The summed E-state index contributed by atoms with van der Waals surface area (Å²) in [5.74, 6) is -1.37. The van der Waals surface area contributed by atoms with Crippen molar-refractivity contribution >= 4 is 34.9 Å². The monoisotopic (exact) mass is 292 g/mol. The Morgan fingerprint density at radius 2 is 2.22 bits per heavy atom. The predicted octanol–water partition coefficient (Wildman–Crippen LogP) is 0.988. The highest BCUT2D eigenvalue weighted by atomic mass is 35.5. The van der Waals surface area contributed by atoms with Crippen molar-refractivity contribution in [2.24, 2.45) is 0 Å². The van der Waals surface area contributed by atoms with Crippen molar-refractivity contribution in [2.45, 2.75) is 12.6 Å². The fourth-order valence-corrected chi connectivity index (χ4v) is 2.29. The Balaban J connectivity index is 2.39. The number of amides is 2. The van der Waals surface area contributed by atoms with Crippen LogP contribution in [0.2, 0.25) is 4.34 Å². The average Bonchev–Trinajstić information content (AvgIpc) is 2.70. The highest BCUT2D eigenvalue weighted by Crippen LogP contribution is 2.22. The van der Waals surface area contributed by atoms with E-state index in [4.69, 9.17) is 21.8 Å². The summed E-state index contributed by atoms with van der Waals surface area (Å²) < 4.78 is 0.639. The fraction of sp³-hybridized carbons (Fsp3) is 0.400. The second-order valence-electron chi connectivity index (χ2n) is 3.60. The number of carbonyl (C=O) groups excluding carboxylic acids is 1. The van der Waals surface area contributed by atoms with Crippen LogP contribution in [0.3, 0.4) is 0 Å². The van der Waals surface area contributed by atoms with Crippen LogP contribution >= 0.6 is 22.9 Å². The lowest BCUT2D eigenvalue weighted by atomic mass is 10.3. The SMILES string of the molecule is CN(Cc1ccc(Cl)s1)C(=O)NCC(O)C(=O)O. The van der Waals surface area contributed by atoms with Gasteiger partial charge in [-0.1, -0.05) is 11.6 Å². The number of aliphatic carboxylic acids is 1. The molecule has 100 valence electrons. The van der Waals surface area contributed by atoms with Gasteiger partial charge in [0.2, 0.25) is 0 Å². The van der Waals surface area contributed by atoms with Gasteiger partial charge in [0.15, 0.2) is 6.10 Å². The molecule has 1 aromatic rings. The molecule has 0 bridgehead atoms. The topological polar surface area (TPSA) is 89.9 Å². The molecule has 0 aromatic carbocycles. The summed E-state index contributed by atoms with van der Waals surface area (Å²) in [5, 5.41) is 19.8. The molecular formula is C10H13ClN2O4S. The molecule has 18 heavy (non-hydrogen) atoms. The fourth-order valence-electron chi connectivity index (χ4n) is 1.15. The van der Waals surface area contributed by atoms with E-state index in [1.807, 2.05) is 6.07 Å². The summed E-state index contributed by atoms with van der Waals surface area (Å²) in [4.78, 5) is 24.2. The van der Waals surface area contributed by atoms with E-state index < -0.39 is 18.1 Å². The van der Waals surface area contributed by atoms with Crippen LogP contribution in [0.4, 0.5) is 4.79 Å². The van der Waals surface area contributed by atoms with Gasteiger partial charge in [-0.05, 0) is 12.1 Å². The number of nitrogens with zero attached hydrogens (tertiary/aromatic N) is 1. The molecule has 0 spiro atoms. The quantitative estimate of drug-likeness (QED) is 0.755. The summed E-state index contributed by atoms with van der Waals surface area (Å²) >= 11 is 7.13. The molecule has 6 nitrogen and oxygen atoms in total. The number of aliphatic hydroxyl groups excluding tert-OH is 1. The molecule has 0 radical (unpaired) electrons. The van der Waals surface area contributed by atoms with E-state index in [2.05, 4.69) is 5.32 Å². The maximum Gasteiger partial charge on any atom is 0.334 e. The normalized spacial score (nSPS) is 11.9. The third kappa shape index (κ3) is 4.52. The van der Waals surface area contributed by atoms with Crippen LogP contribution in [-0.2, 0) is 11.3 Å². The lowest BCUT2D eigenvalue weighted by Gasteiger charge is -2.17. The third-order valence-corrected chi connectivity index (χ3v) is 3.32. The molecule has 0 aliphatic heterocycles. The minimum absolute atomic E-state index is 0.330. The first-order valence-electron chi connectivity index (χ1n) is 5.04. The van der Waals surface area contributed by atoms with E-state index in [1.54, 1.807) is 13.1 Å². The van der Waals surface area contributed by atoms with Crippen LogP contribution in [-0.4, -0.2) is 46.8 Å². The number of rotatable bonds is 5. The van der Waals surface area contributed by atoms with Crippen molar-refractivity contribution in [1.29, 1.82) is 0 Å². The highest BCUT2D eigenvalue weighted by molar-refractivity contribution is 7.16. The van der Waals surface area contributed by atoms with Gasteiger partial charge in [0.1, 0.15) is 0 Å². The van der Waals surface area contributed by atoms with Gasteiger partial charge in [-0.3, -0.25) is 0 Å². The average molecular weight is 293 g/mol. The Kier molecular flexibility index (Phi) is 5.39. The molecule has 1 heterocycles. The van der Waals surface area contributed by atoms with Gasteiger partial charge in [0, 0.05) is 11.9 Å². The molecule has 0 aliphatic carbocycles. The number of thiophene rings is 1. The molecule has 0 saturated heterocycles. The largest absolute Gasteiger partial charge is 0.479 e. The van der Waals surface area contributed by atoms with E-state index in [0.717, 1.165) is 4.88 Å². The second-order valence-corrected chi connectivity index (χ2v) is 5.40. The smallest absolute Gasteiger partial charge is 0.334 e. The van der Waals surface area contributed by atoms with E-state index >= 15 is 0 Å². The molecule has 1 rings (SSSR count). The number of aliphatic hydroxyl groups is 1. The van der Waals surface area contributed by atoms with E-state index in [9.17, 15) is 9.59 Å². The molecule has 1 atom stereocenters. The van der Waals surface area contributed by atoms with Crippen molar-refractivity contribution < 1.29 is 19.8 Å². The molecule has 0 aliphatic rings. The Morgan fingerprint density at radius 1 is 1.56 bits per heavy atom. The van der Waals surface area contributed by atoms with Gasteiger partial charge in [-0.2, -0.15) is 0 Å². The lowest BCUT2D eigenvalue weighted by molar-refractivity contribution is -0.146. The molecular weight excluding hydrogens is 280 g/mol. The number of nitrogens with one attached hydrogen (secondary N) is 1. The van der Waals surface area contributed by atoms with Crippen molar-refractivity contribution in [3.63, 3.8) is 0 Å². The molecule has 8 heteroatoms. The van der Waals surface area contributed by atoms with E-state index in [-0.39, 0.29) is 6.54 Å². The first-order chi connectivity index (χ1) is 8.40. The highest BCUT2D eigenvalue weighted by Gasteiger charge is 2.16. The van der Waals surface area contributed by atoms with Gasteiger partial charge < -0.3 is 20.4 Å². The van der Waals surface area contributed by atoms with Crippen LogP contribution in [0.1, 0.15) is 4.88 Å². The zero-order valence-corrected chi connectivity index (χ0v) is 11.2. The van der Waals surface area contributed by atoms with E-state index in [0.29, 0.717) is 10.9 Å². The van der Waals surface area contributed by atoms with Gasteiger partial charge in [-0.25, -0.2) is 9.59 Å². The zero-order valence-electron chi connectivity index (χ0n) is 9.59. The molecule has 3 N–H and O–H groups in total. The number of urea groups is 1. The van der Waals surface area contributed by atoms with Crippen LogP contribution in [0.5, 0.6) is 0 Å². The molecule has 0 saturated carbocycles. The number of hydrogen-bond acceptors (Lipinski definition) is 4. The summed E-state index contributed by atoms with van der Waals surface area (Å²) in [6.45, 7) is 0.0378. The molecule has 1 unspecified atom stereocenters. The summed E-state index contributed by atoms with van der Waals surface area (Å²) in [6, 6.07) is 3.09. The van der Waals surface area contributed by atoms with Crippen LogP contribution in [0.25, 0.3) is 0 Å². The van der Waals surface area contributed by atoms with Gasteiger partial charge in [0.05, 0.1) is 17.4 Å². The van der Waals surface area contributed by atoms with Crippen molar-refractivity contribution in [1.82, 2.24) is 10.2 Å². The standard InChI is InChI=1S/C10H13ClN2O4S/c1-13(5-6-2-3-8(11)18-6)10(17)12-4-7(14)9(15)16/h2-3,7,14H,4-5H2,1H3,(H,12,17)(H,15,16). The summed E-state index contributed by atoms with van der Waals surface area (Å²) in [5.41, 5.74) is 0.